The van der Waals surface area contributed by atoms with Gasteiger partial charge in [0, 0.05) is 24.3 Å². The molecule has 0 heterocycles. The molecule has 0 amide bonds. The average Bonchev–Trinajstić information content (AvgIpc) is 2.29. The zero-order valence-electron chi connectivity index (χ0n) is 9.71. The van der Waals surface area contributed by atoms with Crippen LogP contribution in [0.5, 0.6) is 0 Å². The van der Waals surface area contributed by atoms with Gasteiger partial charge in [-0.15, -0.1) is 0 Å². The van der Waals surface area contributed by atoms with Gasteiger partial charge in [-0.3, -0.25) is 4.79 Å². The number of carbonyl (C=O) groups excluding carboxylic acids is 1. The van der Waals surface area contributed by atoms with Crippen molar-refractivity contribution in [3.05, 3.63) is 29.8 Å². The zero-order chi connectivity index (χ0) is 13.1. The molecule has 0 aromatic heterocycles. The van der Waals surface area contributed by atoms with E-state index in [-0.39, 0.29) is 5.56 Å². The predicted molar refractivity (Wildman–Crippen MR) is 68.2 cm³/mol. The van der Waals surface area contributed by atoms with E-state index in [0.717, 1.165) is 18.8 Å². The van der Waals surface area contributed by atoms with Gasteiger partial charge in [-0.25, -0.2) is 0 Å². The summed E-state index contributed by atoms with van der Waals surface area (Å²) in [6.07, 6.45) is 0. The Morgan fingerprint density at radius 2 is 1.71 bits per heavy atom. The second-order valence-corrected chi connectivity index (χ2v) is 4.54. The van der Waals surface area contributed by atoms with Crippen LogP contribution in [-0.4, -0.2) is 23.7 Å². The first kappa shape index (κ1) is 14.1. The number of benzene rings is 1. The van der Waals surface area contributed by atoms with E-state index in [9.17, 15) is 13.6 Å². The molecule has 1 rings (SSSR count). The summed E-state index contributed by atoms with van der Waals surface area (Å²) in [6, 6.07) is 6.20. The minimum Gasteiger partial charge on any atom is -0.372 e. The van der Waals surface area contributed by atoms with Crippen molar-refractivity contribution >= 4 is 27.4 Å². The summed E-state index contributed by atoms with van der Waals surface area (Å²) in [5.41, 5.74) is 0.923. The van der Waals surface area contributed by atoms with E-state index in [0.29, 0.717) is 0 Å². The van der Waals surface area contributed by atoms with Gasteiger partial charge in [-0.05, 0) is 54.0 Å². The molecule has 0 radical (unpaired) electrons. The number of hydrogen-bond acceptors (Lipinski definition) is 2. The van der Waals surface area contributed by atoms with E-state index in [1.54, 1.807) is 12.1 Å². The lowest BCUT2D eigenvalue weighted by molar-refractivity contribution is 0.0592. The number of anilines is 1. The lowest BCUT2D eigenvalue weighted by Crippen LogP contribution is -2.23. The highest BCUT2D eigenvalue weighted by Gasteiger charge is 2.35. The molecular weight excluding hydrogens is 292 g/mol. The van der Waals surface area contributed by atoms with Crippen LogP contribution < -0.4 is 4.90 Å². The molecule has 0 saturated carbocycles. The molecular formula is C12H14BrF2NO. The summed E-state index contributed by atoms with van der Waals surface area (Å²) in [5.74, 6) is -1.22. The molecule has 0 aliphatic rings. The predicted octanol–water partition coefficient (Wildman–Crippen LogP) is 3.70. The van der Waals surface area contributed by atoms with Crippen LogP contribution in [0.1, 0.15) is 24.2 Å². The van der Waals surface area contributed by atoms with Gasteiger partial charge in [0.05, 0.1) is 0 Å². The van der Waals surface area contributed by atoms with Gasteiger partial charge in [0.15, 0.2) is 0 Å². The number of rotatable bonds is 5. The number of carbonyl (C=O) groups is 1. The molecule has 94 valence electrons. The summed E-state index contributed by atoms with van der Waals surface area (Å²) < 4.78 is 25.5. The van der Waals surface area contributed by atoms with Crippen molar-refractivity contribution in [3.8, 4) is 0 Å². The third-order valence-electron chi connectivity index (χ3n) is 2.52. The van der Waals surface area contributed by atoms with E-state index < -0.39 is 10.6 Å². The molecule has 0 unspecified atom stereocenters. The monoisotopic (exact) mass is 305 g/mol. The molecule has 0 N–H and O–H groups in total. The first-order valence-electron chi connectivity index (χ1n) is 5.36. The molecule has 5 heteroatoms. The summed E-state index contributed by atoms with van der Waals surface area (Å²) in [4.78, 5) is 9.85. The van der Waals surface area contributed by atoms with Gasteiger partial charge in [0.2, 0.25) is 5.78 Å². The fourth-order valence-electron chi connectivity index (χ4n) is 1.58. The quantitative estimate of drug-likeness (QED) is 0.610. The van der Waals surface area contributed by atoms with Gasteiger partial charge in [0.25, 0.3) is 0 Å². The first-order valence-corrected chi connectivity index (χ1v) is 6.16. The van der Waals surface area contributed by atoms with Crippen LogP contribution in [-0.2, 0) is 0 Å². The van der Waals surface area contributed by atoms with Crippen LogP contribution in [0.3, 0.4) is 0 Å². The van der Waals surface area contributed by atoms with E-state index >= 15 is 0 Å². The summed E-state index contributed by atoms with van der Waals surface area (Å²) in [7, 11) is 0. The summed E-state index contributed by atoms with van der Waals surface area (Å²) in [6.45, 7) is 5.68. The molecule has 0 saturated heterocycles. The Hall–Kier alpha value is -0.970. The van der Waals surface area contributed by atoms with Crippen LogP contribution >= 0.6 is 15.9 Å². The molecule has 0 aliphatic heterocycles. The highest BCUT2D eigenvalue weighted by Crippen LogP contribution is 2.27. The molecule has 17 heavy (non-hydrogen) atoms. The molecule has 0 bridgehead atoms. The van der Waals surface area contributed by atoms with Crippen molar-refractivity contribution in [2.24, 2.45) is 0 Å². The maximum Gasteiger partial charge on any atom is 0.363 e. The number of hydrogen-bond donors (Lipinski definition) is 0. The smallest absolute Gasteiger partial charge is 0.363 e. The third-order valence-corrected chi connectivity index (χ3v) is 2.88. The second-order valence-electron chi connectivity index (χ2n) is 3.55. The number of halogens is 3. The Balaban J connectivity index is 2.92. The van der Waals surface area contributed by atoms with Crippen molar-refractivity contribution in [2.45, 2.75) is 18.7 Å². The molecule has 1 aromatic carbocycles. The largest absolute Gasteiger partial charge is 0.372 e. The fourth-order valence-corrected chi connectivity index (χ4v) is 1.80. The Bertz CT molecular complexity index is 382. The van der Waals surface area contributed by atoms with E-state index in [1.165, 1.54) is 12.1 Å². The van der Waals surface area contributed by atoms with Gasteiger partial charge in [-0.1, -0.05) is 0 Å². The lowest BCUT2D eigenvalue weighted by Gasteiger charge is -2.21. The SMILES string of the molecule is CCN(CC)c1ccc(C(=O)C(F)(F)Br)cc1. The Labute approximate surface area is 108 Å². The second kappa shape index (κ2) is 5.58. The summed E-state index contributed by atoms with van der Waals surface area (Å²) in [5, 5.41) is 0. The zero-order valence-corrected chi connectivity index (χ0v) is 11.3. The average molecular weight is 306 g/mol. The van der Waals surface area contributed by atoms with Crippen molar-refractivity contribution in [2.75, 3.05) is 18.0 Å². The van der Waals surface area contributed by atoms with Gasteiger partial charge in [-0.2, -0.15) is 8.78 Å². The van der Waals surface area contributed by atoms with E-state index in [2.05, 4.69) is 20.8 Å². The molecule has 0 fully saturated rings. The normalized spacial score (nSPS) is 11.4. The highest BCUT2D eigenvalue weighted by molar-refractivity contribution is 9.10. The minimum absolute atomic E-state index is 0.00258. The van der Waals surface area contributed by atoms with E-state index in [1.807, 2.05) is 13.8 Å². The van der Waals surface area contributed by atoms with Crippen molar-refractivity contribution < 1.29 is 13.6 Å². The van der Waals surface area contributed by atoms with Gasteiger partial charge in [0.1, 0.15) is 0 Å². The van der Waals surface area contributed by atoms with Crippen LogP contribution in [0.25, 0.3) is 0 Å². The fraction of sp³-hybridized carbons (Fsp3) is 0.417. The van der Waals surface area contributed by atoms with Crippen LogP contribution in [0, 0.1) is 0 Å². The molecule has 1 aromatic rings. The Kier molecular flexibility index (Phi) is 4.62. The minimum atomic E-state index is -3.50. The number of alkyl halides is 3. The molecule has 0 atom stereocenters. The maximum absolute atomic E-state index is 12.7. The molecule has 0 aliphatic carbocycles. The summed E-state index contributed by atoms with van der Waals surface area (Å²) >= 11 is 2.06. The number of nitrogens with zero attached hydrogens (tertiary/aromatic N) is 1. The van der Waals surface area contributed by atoms with Crippen molar-refractivity contribution in [1.29, 1.82) is 0 Å². The van der Waals surface area contributed by atoms with E-state index in [4.69, 9.17) is 0 Å². The van der Waals surface area contributed by atoms with Crippen molar-refractivity contribution in [1.82, 2.24) is 0 Å². The Morgan fingerprint density at radius 3 is 2.06 bits per heavy atom. The third kappa shape index (κ3) is 3.49. The standard InChI is InChI=1S/C12H14BrF2NO/c1-3-16(4-2)10-7-5-9(6-8-10)11(17)12(13,14)15/h5-8H,3-4H2,1-2H3. The van der Waals surface area contributed by atoms with Gasteiger partial charge < -0.3 is 4.90 Å². The maximum atomic E-state index is 12.7. The molecule has 0 spiro atoms. The van der Waals surface area contributed by atoms with Crippen LogP contribution in [0.4, 0.5) is 14.5 Å². The Morgan fingerprint density at radius 1 is 1.24 bits per heavy atom. The van der Waals surface area contributed by atoms with Crippen LogP contribution in [0.2, 0.25) is 0 Å². The highest BCUT2D eigenvalue weighted by atomic mass is 79.9. The number of Topliss-reactive ketones (excluding diaryl/α,β-unsaturated/α-hetero) is 1. The van der Waals surface area contributed by atoms with Crippen LogP contribution in [0.15, 0.2) is 24.3 Å². The number of ketones is 1. The molecule has 2 nitrogen and oxygen atoms in total. The first-order chi connectivity index (χ1) is 7.90. The topological polar surface area (TPSA) is 20.3 Å². The van der Waals surface area contributed by atoms with Crippen molar-refractivity contribution in [3.63, 3.8) is 0 Å². The lowest BCUT2D eigenvalue weighted by atomic mass is 10.1. The van der Waals surface area contributed by atoms with Gasteiger partial charge >= 0.3 is 4.83 Å².